The molecule has 1 aliphatic rings. The van der Waals surface area contributed by atoms with E-state index in [0.717, 1.165) is 51.0 Å². The number of rotatable bonds is 5. The molecular formula is C15H23FN2O. The molecule has 4 heteroatoms. The lowest BCUT2D eigenvalue weighted by atomic mass is 10.1. The number of hydrogen-bond donors (Lipinski definition) is 2. The Labute approximate surface area is 114 Å². The summed E-state index contributed by atoms with van der Waals surface area (Å²) in [5, 5.41) is 12.8. The van der Waals surface area contributed by atoms with E-state index >= 15 is 0 Å². The Morgan fingerprint density at radius 2 is 2.11 bits per heavy atom. The summed E-state index contributed by atoms with van der Waals surface area (Å²) in [6.07, 6.45) is 2.31. The van der Waals surface area contributed by atoms with Crippen molar-refractivity contribution in [2.24, 2.45) is 0 Å². The molecular weight excluding hydrogens is 243 g/mol. The molecule has 1 aromatic rings. The third-order valence-corrected chi connectivity index (χ3v) is 3.57. The largest absolute Gasteiger partial charge is 0.393 e. The lowest BCUT2D eigenvalue weighted by Crippen LogP contribution is -2.36. The smallest absolute Gasteiger partial charge is 0.146 e. The van der Waals surface area contributed by atoms with Gasteiger partial charge in [-0.05, 0) is 43.5 Å². The summed E-state index contributed by atoms with van der Waals surface area (Å²) in [4.78, 5) is 2.03. The topological polar surface area (TPSA) is 35.5 Å². The van der Waals surface area contributed by atoms with Crippen molar-refractivity contribution in [2.75, 3.05) is 24.5 Å². The summed E-state index contributed by atoms with van der Waals surface area (Å²) in [5.41, 5.74) is 1.78. The first kappa shape index (κ1) is 14.3. The van der Waals surface area contributed by atoms with E-state index in [2.05, 4.69) is 12.2 Å². The monoisotopic (exact) mass is 266 g/mol. The second-order valence-corrected chi connectivity index (χ2v) is 5.18. The van der Waals surface area contributed by atoms with E-state index in [1.54, 1.807) is 6.07 Å². The summed E-state index contributed by atoms with van der Waals surface area (Å²) in [6.45, 7) is 5.33. The van der Waals surface area contributed by atoms with Crippen molar-refractivity contribution in [2.45, 2.75) is 38.8 Å². The van der Waals surface area contributed by atoms with Crippen molar-refractivity contribution in [1.29, 1.82) is 0 Å². The van der Waals surface area contributed by atoms with Crippen LogP contribution in [0.25, 0.3) is 0 Å². The normalized spacial score (nSPS) is 16.9. The van der Waals surface area contributed by atoms with Crippen molar-refractivity contribution in [3.05, 3.63) is 29.6 Å². The fraction of sp³-hybridized carbons (Fsp3) is 0.600. The first-order valence-electron chi connectivity index (χ1n) is 7.13. The minimum atomic E-state index is -0.228. The number of halogens is 1. The maximum absolute atomic E-state index is 13.9. The molecule has 0 spiro atoms. The van der Waals surface area contributed by atoms with Crippen LogP contribution in [0.1, 0.15) is 31.7 Å². The van der Waals surface area contributed by atoms with Crippen LogP contribution < -0.4 is 10.2 Å². The Morgan fingerprint density at radius 1 is 1.37 bits per heavy atom. The number of nitrogens with zero attached hydrogens (tertiary/aromatic N) is 1. The van der Waals surface area contributed by atoms with Gasteiger partial charge >= 0.3 is 0 Å². The Kier molecular flexibility index (Phi) is 5.16. The van der Waals surface area contributed by atoms with Crippen LogP contribution in [0.4, 0.5) is 10.1 Å². The number of hydrogen-bond acceptors (Lipinski definition) is 3. The van der Waals surface area contributed by atoms with Crippen molar-refractivity contribution in [3.8, 4) is 0 Å². The highest BCUT2D eigenvalue weighted by atomic mass is 19.1. The Balaban J connectivity index is 2.04. The molecule has 1 saturated heterocycles. The molecule has 1 aromatic carbocycles. The number of aliphatic hydroxyl groups excluding tert-OH is 1. The number of piperidine rings is 1. The van der Waals surface area contributed by atoms with Gasteiger partial charge in [-0.25, -0.2) is 4.39 Å². The summed E-state index contributed by atoms with van der Waals surface area (Å²) >= 11 is 0. The average Bonchev–Trinajstić information content (AvgIpc) is 2.42. The van der Waals surface area contributed by atoms with E-state index in [-0.39, 0.29) is 11.9 Å². The highest BCUT2D eigenvalue weighted by molar-refractivity contribution is 5.50. The first-order chi connectivity index (χ1) is 9.20. The lowest BCUT2D eigenvalue weighted by Gasteiger charge is -2.32. The molecule has 2 rings (SSSR count). The van der Waals surface area contributed by atoms with Crippen molar-refractivity contribution < 1.29 is 9.50 Å². The van der Waals surface area contributed by atoms with Gasteiger partial charge in [-0.1, -0.05) is 13.0 Å². The predicted molar refractivity (Wildman–Crippen MR) is 75.9 cm³/mol. The third-order valence-electron chi connectivity index (χ3n) is 3.57. The van der Waals surface area contributed by atoms with Gasteiger partial charge in [0.2, 0.25) is 0 Å². The molecule has 0 saturated carbocycles. The molecule has 3 nitrogen and oxygen atoms in total. The van der Waals surface area contributed by atoms with Crippen LogP contribution >= 0.6 is 0 Å². The van der Waals surface area contributed by atoms with Crippen LogP contribution in [0.2, 0.25) is 0 Å². The van der Waals surface area contributed by atoms with E-state index in [0.29, 0.717) is 5.69 Å². The van der Waals surface area contributed by atoms with Crippen LogP contribution in [0, 0.1) is 5.82 Å². The zero-order valence-corrected chi connectivity index (χ0v) is 11.5. The van der Waals surface area contributed by atoms with E-state index in [9.17, 15) is 9.50 Å². The summed E-state index contributed by atoms with van der Waals surface area (Å²) in [5.74, 6) is -0.171. The molecule has 0 amide bonds. The molecule has 0 aromatic heterocycles. The van der Waals surface area contributed by atoms with Crippen LogP contribution in [-0.4, -0.2) is 30.8 Å². The van der Waals surface area contributed by atoms with Gasteiger partial charge in [0.15, 0.2) is 0 Å². The van der Waals surface area contributed by atoms with Gasteiger partial charge in [0, 0.05) is 19.6 Å². The highest BCUT2D eigenvalue weighted by Crippen LogP contribution is 2.24. The second kappa shape index (κ2) is 6.87. The van der Waals surface area contributed by atoms with E-state index < -0.39 is 0 Å². The molecule has 106 valence electrons. The molecule has 0 atom stereocenters. The number of anilines is 1. The Bertz CT molecular complexity index is 403. The first-order valence-corrected chi connectivity index (χ1v) is 7.13. The Morgan fingerprint density at radius 3 is 2.79 bits per heavy atom. The maximum atomic E-state index is 13.9. The second-order valence-electron chi connectivity index (χ2n) is 5.18. The molecule has 1 aliphatic heterocycles. The minimum Gasteiger partial charge on any atom is -0.393 e. The van der Waals surface area contributed by atoms with Gasteiger partial charge in [-0.15, -0.1) is 0 Å². The van der Waals surface area contributed by atoms with Gasteiger partial charge in [0.25, 0.3) is 0 Å². The molecule has 0 unspecified atom stereocenters. The zero-order valence-electron chi connectivity index (χ0n) is 11.5. The predicted octanol–water partition coefficient (Wildman–Crippen LogP) is 2.29. The summed E-state index contributed by atoms with van der Waals surface area (Å²) in [6, 6.07) is 5.30. The third kappa shape index (κ3) is 3.91. The summed E-state index contributed by atoms with van der Waals surface area (Å²) in [7, 11) is 0. The molecule has 2 N–H and O–H groups in total. The number of nitrogens with one attached hydrogen (secondary N) is 1. The molecule has 0 bridgehead atoms. The van der Waals surface area contributed by atoms with Crippen molar-refractivity contribution in [3.63, 3.8) is 0 Å². The van der Waals surface area contributed by atoms with Crippen LogP contribution in [0.5, 0.6) is 0 Å². The van der Waals surface area contributed by atoms with Crippen molar-refractivity contribution >= 4 is 5.69 Å². The van der Waals surface area contributed by atoms with Crippen LogP contribution in [0.3, 0.4) is 0 Å². The van der Waals surface area contributed by atoms with Gasteiger partial charge < -0.3 is 15.3 Å². The SMILES string of the molecule is CCCNCc1ccc(F)c(N2CCC(O)CC2)c1. The van der Waals surface area contributed by atoms with Gasteiger partial charge in [-0.2, -0.15) is 0 Å². The quantitative estimate of drug-likeness (QED) is 0.803. The fourth-order valence-corrected chi connectivity index (χ4v) is 2.43. The Hall–Kier alpha value is -1.13. The van der Waals surface area contributed by atoms with Gasteiger partial charge in [0.05, 0.1) is 11.8 Å². The zero-order chi connectivity index (χ0) is 13.7. The molecule has 0 aliphatic carbocycles. The van der Waals surface area contributed by atoms with Gasteiger partial charge in [-0.3, -0.25) is 0 Å². The molecule has 19 heavy (non-hydrogen) atoms. The van der Waals surface area contributed by atoms with E-state index in [1.165, 1.54) is 0 Å². The minimum absolute atomic E-state index is 0.171. The standard InChI is InChI=1S/C15H23FN2O/c1-2-7-17-11-12-3-4-14(16)15(10-12)18-8-5-13(19)6-9-18/h3-4,10,13,17,19H,2,5-9,11H2,1H3. The highest BCUT2D eigenvalue weighted by Gasteiger charge is 2.19. The number of benzene rings is 1. The molecule has 1 fully saturated rings. The van der Waals surface area contributed by atoms with E-state index in [1.807, 2.05) is 17.0 Å². The molecule has 0 radical (unpaired) electrons. The van der Waals surface area contributed by atoms with Crippen molar-refractivity contribution in [1.82, 2.24) is 5.32 Å². The number of aliphatic hydroxyl groups is 1. The fourth-order valence-electron chi connectivity index (χ4n) is 2.43. The van der Waals surface area contributed by atoms with Crippen LogP contribution in [-0.2, 0) is 6.54 Å². The van der Waals surface area contributed by atoms with Crippen LogP contribution in [0.15, 0.2) is 18.2 Å². The lowest BCUT2D eigenvalue weighted by molar-refractivity contribution is 0.145. The van der Waals surface area contributed by atoms with E-state index in [4.69, 9.17) is 0 Å². The summed E-state index contributed by atoms with van der Waals surface area (Å²) < 4.78 is 13.9. The average molecular weight is 266 g/mol. The maximum Gasteiger partial charge on any atom is 0.146 e. The molecule has 1 heterocycles. The van der Waals surface area contributed by atoms with Gasteiger partial charge in [0.1, 0.15) is 5.82 Å².